The zero-order chi connectivity index (χ0) is 16.4. The molecule has 0 aliphatic carbocycles. The summed E-state index contributed by atoms with van der Waals surface area (Å²) in [6, 6.07) is 3.16. The van der Waals surface area contributed by atoms with Gasteiger partial charge in [-0.1, -0.05) is 0 Å². The van der Waals surface area contributed by atoms with Crippen LogP contribution >= 0.6 is 11.8 Å². The Morgan fingerprint density at radius 2 is 2.18 bits per heavy atom. The van der Waals surface area contributed by atoms with Crippen LogP contribution in [-0.2, 0) is 6.54 Å². The SMILES string of the molecule is CN=C(NCCSC)NCc1ccnc(OCC(F)(F)F)c1. The second-order valence-electron chi connectivity index (χ2n) is 4.25. The number of guanidine groups is 1. The molecule has 0 amide bonds. The minimum absolute atomic E-state index is 0.0537. The minimum Gasteiger partial charge on any atom is -0.468 e. The molecule has 0 radical (unpaired) electrons. The molecule has 0 unspecified atom stereocenters. The van der Waals surface area contributed by atoms with Gasteiger partial charge < -0.3 is 15.4 Å². The first-order valence-electron chi connectivity index (χ1n) is 6.52. The maximum atomic E-state index is 12.1. The first kappa shape index (κ1) is 18.4. The quantitative estimate of drug-likeness (QED) is 0.453. The lowest BCUT2D eigenvalue weighted by atomic mass is 10.2. The Kier molecular flexibility index (Phi) is 7.86. The van der Waals surface area contributed by atoms with Gasteiger partial charge >= 0.3 is 6.18 Å². The highest BCUT2D eigenvalue weighted by Crippen LogP contribution is 2.17. The van der Waals surface area contributed by atoms with E-state index in [2.05, 4.69) is 25.3 Å². The molecule has 22 heavy (non-hydrogen) atoms. The van der Waals surface area contributed by atoms with Gasteiger partial charge in [0.25, 0.3) is 0 Å². The molecule has 5 nitrogen and oxygen atoms in total. The van der Waals surface area contributed by atoms with E-state index in [1.807, 2.05) is 6.26 Å². The van der Waals surface area contributed by atoms with Crippen molar-refractivity contribution in [3.63, 3.8) is 0 Å². The Labute approximate surface area is 131 Å². The molecular weight excluding hydrogens is 317 g/mol. The number of aromatic nitrogens is 1. The number of hydrogen-bond acceptors (Lipinski definition) is 4. The molecule has 1 rings (SSSR count). The summed E-state index contributed by atoms with van der Waals surface area (Å²) in [5, 5.41) is 6.19. The van der Waals surface area contributed by atoms with E-state index in [1.165, 1.54) is 12.3 Å². The van der Waals surface area contributed by atoms with E-state index in [9.17, 15) is 13.2 Å². The average molecular weight is 336 g/mol. The van der Waals surface area contributed by atoms with Gasteiger partial charge in [0.1, 0.15) is 0 Å². The van der Waals surface area contributed by atoms with Gasteiger partial charge in [-0.2, -0.15) is 24.9 Å². The van der Waals surface area contributed by atoms with E-state index in [-0.39, 0.29) is 5.88 Å². The van der Waals surface area contributed by atoms with Gasteiger partial charge in [0.05, 0.1) is 0 Å². The summed E-state index contributed by atoms with van der Waals surface area (Å²) in [6.07, 6.45) is -0.955. The molecule has 124 valence electrons. The summed E-state index contributed by atoms with van der Waals surface area (Å²) in [6.45, 7) is -0.171. The topological polar surface area (TPSA) is 58.5 Å². The Bertz CT molecular complexity index is 483. The zero-order valence-electron chi connectivity index (χ0n) is 12.4. The summed E-state index contributed by atoms with van der Waals surface area (Å²) in [5.41, 5.74) is 0.750. The summed E-state index contributed by atoms with van der Waals surface area (Å²) in [5.74, 6) is 1.52. The van der Waals surface area contributed by atoms with Crippen LogP contribution in [0.4, 0.5) is 13.2 Å². The average Bonchev–Trinajstić information content (AvgIpc) is 2.48. The van der Waals surface area contributed by atoms with Gasteiger partial charge in [-0.25, -0.2) is 4.98 Å². The first-order valence-corrected chi connectivity index (χ1v) is 7.92. The van der Waals surface area contributed by atoms with Crippen molar-refractivity contribution in [1.29, 1.82) is 0 Å². The van der Waals surface area contributed by atoms with E-state index >= 15 is 0 Å². The number of hydrogen-bond donors (Lipinski definition) is 2. The van der Waals surface area contributed by atoms with Crippen molar-refractivity contribution in [2.75, 3.05) is 32.2 Å². The number of nitrogens with one attached hydrogen (secondary N) is 2. The molecule has 0 fully saturated rings. The molecule has 0 aliphatic heterocycles. The highest BCUT2D eigenvalue weighted by atomic mass is 32.2. The van der Waals surface area contributed by atoms with E-state index in [0.717, 1.165) is 17.9 Å². The number of aliphatic imine (C=N–C) groups is 1. The second kappa shape index (κ2) is 9.39. The summed E-state index contributed by atoms with van der Waals surface area (Å²) in [7, 11) is 1.65. The molecule has 0 saturated heterocycles. The van der Waals surface area contributed by atoms with Crippen LogP contribution in [0.1, 0.15) is 5.56 Å². The van der Waals surface area contributed by atoms with Crippen LogP contribution in [0.2, 0.25) is 0 Å². The van der Waals surface area contributed by atoms with Gasteiger partial charge in [0.15, 0.2) is 12.6 Å². The number of rotatable bonds is 7. The normalized spacial score (nSPS) is 12.1. The van der Waals surface area contributed by atoms with Crippen molar-refractivity contribution in [1.82, 2.24) is 15.6 Å². The number of ether oxygens (including phenoxy) is 1. The standard InChI is InChI=1S/C13H19F3N4OS/c1-17-12(19-5-6-22-2)20-8-10-3-4-18-11(7-10)21-9-13(14,15)16/h3-4,7H,5-6,8-9H2,1-2H3,(H2,17,19,20). The monoisotopic (exact) mass is 336 g/mol. The molecule has 0 aliphatic rings. The van der Waals surface area contributed by atoms with E-state index < -0.39 is 12.8 Å². The minimum atomic E-state index is -4.38. The fourth-order valence-corrected chi connectivity index (χ4v) is 1.78. The predicted octanol–water partition coefficient (Wildman–Crippen LogP) is 2.05. The first-order chi connectivity index (χ1) is 10.4. The Morgan fingerprint density at radius 3 is 2.82 bits per heavy atom. The Balaban J connectivity index is 2.48. The molecule has 0 bridgehead atoms. The second-order valence-corrected chi connectivity index (χ2v) is 5.24. The molecular formula is C13H19F3N4OS. The van der Waals surface area contributed by atoms with E-state index in [0.29, 0.717) is 12.5 Å². The molecule has 1 aromatic heterocycles. The predicted molar refractivity (Wildman–Crippen MR) is 82.4 cm³/mol. The molecule has 0 spiro atoms. The Hall–Kier alpha value is -1.64. The molecule has 0 aromatic carbocycles. The molecule has 1 aromatic rings. The third kappa shape index (κ3) is 7.96. The zero-order valence-corrected chi connectivity index (χ0v) is 13.2. The fourth-order valence-electron chi connectivity index (χ4n) is 1.47. The number of thioether (sulfide) groups is 1. The van der Waals surface area contributed by atoms with Crippen molar-refractivity contribution >= 4 is 17.7 Å². The molecule has 0 atom stereocenters. The maximum Gasteiger partial charge on any atom is 0.422 e. The summed E-state index contributed by atoms with van der Waals surface area (Å²) in [4.78, 5) is 7.81. The van der Waals surface area contributed by atoms with Crippen LogP contribution in [0.25, 0.3) is 0 Å². The molecule has 9 heteroatoms. The molecule has 1 heterocycles. The van der Waals surface area contributed by atoms with Crippen molar-refractivity contribution < 1.29 is 17.9 Å². The molecule has 0 saturated carbocycles. The van der Waals surface area contributed by atoms with Crippen LogP contribution in [0.5, 0.6) is 5.88 Å². The van der Waals surface area contributed by atoms with E-state index in [4.69, 9.17) is 0 Å². The van der Waals surface area contributed by atoms with Crippen LogP contribution in [-0.4, -0.2) is 49.3 Å². The fraction of sp³-hybridized carbons (Fsp3) is 0.538. The van der Waals surface area contributed by atoms with Crippen molar-refractivity contribution in [3.05, 3.63) is 23.9 Å². The maximum absolute atomic E-state index is 12.1. The van der Waals surface area contributed by atoms with Crippen LogP contribution < -0.4 is 15.4 Å². The van der Waals surface area contributed by atoms with E-state index in [1.54, 1.807) is 24.9 Å². The van der Waals surface area contributed by atoms with Crippen LogP contribution in [0.3, 0.4) is 0 Å². The Morgan fingerprint density at radius 1 is 1.41 bits per heavy atom. The van der Waals surface area contributed by atoms with Crippen molar-refractivity contribution in [2.45, 2.75) is 12.7 Å². The van der Waals surface area contributed by atoms with Crippen LogP contribution in [0.15, 0.2) is 23.3 Å². The van der Waals surface area contributed by atoms with Gasteiger partial charge in [0.2, 0.25) is 5.88 Å². The third-order valence-corrected chi connectivity index (χ3v) is 3.08. The number of nitrogens with zero attached hydrogens (tertiary/aromatic N) is 2. The van der Waals surface area contributed by atoms with Crippen molar-refractivity contribution in [3.8, 4) is 5.88 Å². The number of pyridine rings is 1. The number of alkyl halides is 3. The lowest BCUT2D eigenvalue weighted by Crippen LogP contribution is -2.37. The van der Waals surface area contributed by atoms with Gasteiger partial charge in [0, 0.05) is 38.2 Å². The number of halogens is 3. The van der Waals surface area contributed by atoms with Crippen LogP contribution in [0, 0.1) is 0 Å². The largest absolute Gasteiger partial charge is 0.468 e. The molecule has 2 N–H and O–H groups in total. The van der Waals surface area contributed by atoms with Gasteiger partial charge in [-0.15, -0.1) is 0 Å². The highest BCUT2D eigenvalue weighted by molar-refractivity contribution is 7.98. The lowest BCUT2D eigenvalue weighted by molar-refractivity contribution is -0.154. The summed E-state index contributed by atoms with van der Waals surface area (Å²) >= 11 is 1.72. The third-order valence-electron chi connectivity index (χ3n) is 2.47. The lowest BCUT2D eigenvalue weighted by Gasteiger charge is -2.12. The van der Waals surface area contributed by atoms with Gasteiger partial charge in [-0.05, 0) is 17.9 Å². The van der Waals surface area contributed by atoms with Gasteiger partial charge in [-0.3, -0.25) is 4.99 Å². The highest BCUT2D eigenvalue weighted by Gasteiger charge is 2.28. The summed E-state index contributed by atoms with van der Waals surface area (Å²) < 4.78 is 40.9. The smallest absolute Gasteiger partial charge is 0.422 e. The van der Waals surface area contributed by atoms with Crippen molar-refractivity contribution in [2.24, 2.45) is 4.99 Å².